The maximum Gasteiger partial charge on any atom is 0.274 e. The molecule has 0 bridgehead atoms. The van der Waals surface area contributed by atoms with Crippen molar-refractivity contribution in [1.82, 2.24) is 19.7 Å². The summed E-state index contributed by atoms with van der Waals surface area (Å²) in [5, 5.41) is 4.57. The second-order valence-electron chi connectivity index (χ2n) is 6.46. The van der Waals surface area contributed by atoms with Crippen molar-refractivity contribution < 1.29 is 4.79 Å². The van der Waals surface area contributed by atoms with Crippen LogP contribution in [0.1, 0.15) is 35.1 Å². The van der Waals surface area contributed by atoms with Gasteiger partial charge in [0.25, 0.3) is 5.91 Å². The van der Waals surface area contributed by atoms with Crippen molar-refractivity contribution in [3.05, 3.63) is 35.8 Å². The molecule has 0 aromatic carbocycles. The monoisotopic (exact) mass is 313 g/mol. The molecule has 2 N–H and O–H groups in total. The minimum atomic E-state index is -0.100. The molecule has 0 unspecified atom stereocenters. The molecule has 1 fully saturated rings. The van der Waals surface area contributed by atoms with Crippen LogP contribution < -0.4 is 5.73 Å². The molecule has 2 heterocycles. The molecule has 0 spiro atoms. The first kappa shape index (κ1) is 15.7. The van der Waals surface area contributed by atoms with E-state index in [-0.39, 0.29) is 5.91 Å². The summed E-state index contributed by atoms with van der Waals surface area (Å²) in [6, 6.07) is 6.15. The van der Waals surface area contributed by atoms with Crippen molar-refractivity contribution in [2.45, 2.75) is 25.8 Å². The number of aromatic nitrogens is 3. The average molecular weight is 313 g/mol. The minimum absolute atomic E-state index is 0.100. The van der Waals surface area contributed by atoms with E-state index in [9.17, 15) is 4.79 Å². The SMILES string of the molecule is Cc1cccc(-c2cn(C3CC(CN)C3)nc2C(=O)N(C)C)n1. The van der Waals surface area contributed by atoms with E-state index in [0.717, 1.165) is 29.8 Å². The molecule has 0 atom stereocenters. The van der Waals surface area contributed by atoms with E-state index >= 15 is 0 Å². The molecule has 6 heteroatoms. The van der Waals surface area contributed by atoms with Crippen molar-refractivity contribution in [2.24, 2.45) is 11.7 Å². The Hall–Kier alpha value is -2.21. The molecule has 6 nitrogen and oxygen atoms in total. The zero-order valence-corrected chi connectivity index (χ0v) is 13.9. The first-order chi connectivity index (χ1) is 11.0. The molecule has 1 amide bonds. The Balaban J connectivity index is 1.99. The normalized spacial score (nSPS) is 20.2. The largest absolute Gasteiger partial charge is 0.343 e. The standard InChI is InChI=1S/C17H23N5O/c1-11-5-4-6-15(19-11)14-10-22(13-7-12(8-13)9-18)20-16(14)17(23)21(2)3/h4-6,10,12-13H,7-9,18H2,1-3H3. The van der Waals surface area contributed by atoms with Crippen LogP contribution in [0.4, 0.5) is 0 Å². The summed E-state index contributed by atoms with van der Waals surface area (Å²) in [7, 11) is 3.48. The summed E-state index contributed by atoms with van der Waals surface area (Å²) in [5.41, 5.74) is 8.67. The summed E-state index contributed by atoms with van der Waals surface area (Å²) in [6.45, 7) is 2.66. The highest BCUT2D eigenvalue weighted by atomic mass is 16.2. The van der Waals surface area contributed by atoms with E-state index in [1.807, 2.05) is 36.0 Å². The zero-order chi connectivity index (χ0) is 16.6. The van der Waals surface area contributed by atoms with Gasteiger partial charge in [-0.15, -0.1) is 0 Å². The molecule has 23 heavy (non-hydrogen) atoms. The van der Waals surface area contributed by atoms with Crippen LogP contribution >= 0.6 is 0 Å². The van der Waals surface area contributed by atoms with Gasteiger partial charge in [0, 0.05) is 26.0 Å². The van der Waals surface area contributed by atoms with E-state index in [4.69, 9.17) is 5.73 Å². The summed E-state index contributed by atoms with van der Waals surface area (Å²) < 4.78 is 1.92. The third-order valence-electron chi connectivity index (χ3n) is 4.42. The van der Waals surface area contributed by atoms with Gasteiger partial charge in [0.15, 0.2) is 5.69 Å². The summed E-state index contributed by atoms with van der Waals surface area (Å²) in [4.78, 5) is 18.6. The first-order valence-corrected chi connectivity index (χ1v) is 7.94. The van der Waals surface area contributed by atoms with Crippen molar-refractivity contribution in [1.29, 1.82) is 0 Å². The molecule has 2 aromatic heterocycles. The summed E-state index contributed by atoms with van der Waals surface area (Å²) in [5.74, 6) is 0.467. The van der Waals surface area contributed by atoms with Crippen LogP contribution in [0, 0.1) is 12.8 Å². The second-order valence-corrected chi connectivity index (χ2v) is 6.46. The lowest BCUT2D eigenvalue weighted by Crippen LogP contribution is -2.32. The number of nitrogens with zero attached hydrogens (tertiary/aromatic N) is 4. The molecule has 1 saturated carbocycles. The topological polar surface area (TPSA) is 77.0 Å². The molecule has 122 valence electrons. The fourth-order valence-electron chi connectivity index (χ4n) is 2.94. The van der Waals surface area contributed by atoms with E-state index in [0.29, 0.717) is 24.2 Å². The van der Waals surface area contributed by atoms with Gasteiger partial charge in [-0.05, 0) is 44.4 Å². The predicted molar refractivity (Wildman–Crippen MR) is 89.0 cm³/mol. The number of pyridine rings is 1. The second kappa shape index (κ2) is 6.12. The molecule has 0 saturated heterocycles. The molecular weight excluding hydrogens is 290 g/mol. The Kier molecular flexibility index (Phi) is 4.17. The molecule has 3 rings (SSSR count). The van der Waals surface area contributed by atoms with Gasteiger partial charge in [0.05, 0.1) is 17.3 Å². The summed E-state index contributed by atoms with van der Waals surface area (Å²) >= 11 is 0. The number of amides is 1. The fraction of sp³-hybridized carbons (Fsp3) is 0.471. The Morgan fingerprint density at radius 3 is 2.74 bits per heavy atom. The summed E-state index contributed by atoms with van der Waals surface area (Å²) in [6.07, 6.45) is 4.00. The van der Waals surface area contributed by atoms with Gasteiger partial charge in [0.1, 0.15) is 0 Å². The average Bonchev–Trinajstić information content (AvgIpc) is 2.90. The number of hydrogen-bond donors (Lipinski definition) is 1. The number of carbonyl (C=O) groups is 1. The van der Waals surface area contributed by atoms with E-state index in [1.54, 1.807) is 19.0 Å². The predicted octanol–water partition coefficient (Wildman–Crippen LogP) is 1.87. The third kappa shape index (κ3) is 2.99. The quantitative estimate of drug-likeness (QED) is 0.934. The Labute approximate surface area is 136 Å². The van der Waals surface area contributed by atoms with Gasteiger partial charge in [0.2, 0.25) is 0 Å². The van der Waals surface area contributed by atoms with Crippen LogP contribution in [0.25, 0.3) is 11.3 Å². The lowest BCUT2D eigenvalue weighted by molar-refractivity contribution is 0.0820. The number of hydrogen-bond acceptors (Lipinski definition) is 4. The number of rotatable bonds is 4. The molecule has 0 radical (unpaired) electrons. The Bertz CT molecular complexity index is 716. The lowest BCUT2D eigenvalue weighted by Gasteiger charge is -2.34. The van der Waals surface area contributed by atoms with Crippen LogP contribution in [0.15, 0.2) is 24.4 Å². The highest BCUT2D eigenvalue weighted by molar-refractivity contribution is 5.98. The zero-order valence-electron chi connectivity index (χ0n) is 13.9. The Morgan fingerprint density at radius 2 is 2.13 bits per heavy atom. The fourth-order valence-corrected chi connectivity index (χ4v) is 2.94. The van der Waals surface area contributed by atoms with Gasteiger partial charge in [-0.3, -0.25) is 14.5 Å². The lowest BCUT2D eigenvalue weighted by atomic mass is 9.80. The van der Waals surface area contributed by atoms with Crippen molar-refractivity contribution >= 4 is 5.91 Å². The van der Waals surface area contributed by atoms with Gasteiger partial charge in [-0.1, -0.05) is 6.07 Å². The number of nitrogens with two attached hydrogens (primary N) is 1. The molecular formula is C17H23N5O. The molecule has 0 aliphatic heterocycles. The molecule has 1 aliphatic rings. The molecule has 2 aromatic rings. The van der Waals surface area contributed by atoms with Crippen LogP contribution in [0.5, 0.6) is 0 Å². The van der Waals surface area contributed by atoms with Crippen LogP contribution in [0.3, 0.4) is 0 Å². The number of aryl methyl sites for hydroxylation is 1. The van der Waals surface area contributed by atoms with E-state index in [1.165, 1.54) is 0 Å². The van der Waals surface area contributed by atoms with Gasteiger partial charge in [-0.25, -0.2) is 0 Å². The Morgan fingerprint density at radius 1 is 1.39 bits per heavy atom. The maximum atomic E-state index is 12.5. The van der Waals surface area contributed by atoms with Crippen LogP contribution in [0.2, 0.25) is 0 Å². The van der Waals surface area contributed by atoms with E-state index in [2.05, 4.69) is 10.1 Å². The van der Waals surface area contributed by atoms with Crippen LogP contribution in [-0.4, -0.2) is 46.2 Å². The maximum absolute atomic E-state index is 12.5. The molecule has 1 aliphatic carbocycles. The van der Waals surface area contributed by atoms with Gasteiger partial charge >= 0.3 is 0 Å². The van der Waals surface area contributed by atoms with Gasteiger partial charge < -0.3 is 10.6 Å². The smallest absolute Gasteiger partial charge is 0.274 e. The van der Waals surface area contributed by atoms with Crippen molar-refractivity contribution in [3.8, 4) is 11.3 Å². The first-order valence-electron chi connectivity index (χ1n) is 7.94. The van der Waals surface area contributed by atoms with E-state index < -0.39 is 0 Å². The number of carbonyl (C=O) groups excluding carboxylic acids is 1. The third-order valence-corrected chi connectivity index (χ3v) is 4.42. The highest BCUT2D eigenvalue weighted by Crippen LogP contribution is 2.38. The minimum Gasteiger partial charge on any atom is -0.343 e. The van der Waals surface area contributed by atoms with Crippen LogP contribution in [-0.2, 0) is 0 Å². The van der Waals surface area contributed by atoms with Gasteiger partial charge in [-0.2, -0.15) is 5.10 Å². The van der Waals surface area contributed by atoms with Crippen molar-refractivity contribution in [2.75, 3.05) is 20.6 Å². The van der Waals surface area contributed by atoms with Crippen molar-refractivity contribution in [3.63, 3.8) is 0 Å². The highest BCUT2D eigenvalue weighted by Gasteiger charge is 2.32.